The maximum Gasteiger partial charge on any atom is 0.340 e. The third kappa shape index (κ3) is 5.24. The highest BCUT2D eigenvalue weighted by atomic mass is 16.5. The van der Waals surface area contributed by atoms with E-state index >= 15 is 0 Å². The number of hydrogen-bond acceptors (Lipinski definition) is 5. The summed E-state index contributed by atoms with van der Waals surface area (Å²) in [6, 6.07) is 16.6. The van der Waals surface area contributed by atoms with E-state index in [0.29, 0.717) is 30.1 Å². The number of allylic oxidation sites excluding steroid dienone is 1. The zero-order chi connectivity index (χ0) is 23.1. The number of esters is 1. The Balaban J connectivity index is 1.63. The molecule has 2 aromatic rings. The van der Waals surface area contributed by atoms with Gasteiger partial charge in [-0.05, 0) is 43.2 Å². The van der Waals surface area contributed by atoms with Crippen LogP contribution in [0.1, 0.15) is 25.0 Å². The van der Waals surface area contributed by atoms with Gasteiger partial charge in [0.05, 0.1) is 18.3 Å². The Morgan fingerprint density at radius 3 is 2.38 bits per heavy atom. The molecule has 3 rings (SSSR count). The molecule has 1 aliphatic heterocycles. The van der Waals surface area contributed by atoms with Crippen LogP contribution in [0.15, 0.2) is 71.4 Å². The van der Waals surface area contributed by atoms with Crippen LogP contribution in [0, 0.1) is 0 Å². The average Bonchev–Trinajstić information content (AvgIpc) is 3.05. The van der Waals surface area contributed by atoms with E-state index < -0.39 is 5.97 Å². The number of carbonyl (C=O) groups is 3. The summed E-state index contributed by atoms with van der Waals surface area (Å²) in [5.41, 5.74) is 2.88. The number of hydrogen-bond donors (Lipinski definition) is 1. The molecule has 1 N–H and O–H groups in total. The lowest BCUT2D eigenvalue weighted by molar-refractivity contribution is -0.136. The van der Waals surface area contributed by atoms with Crippen molar-refractivity contribution in [3.8, 4) is 5.75 Å². The van der Waals surface area contributed by atoms with E-state index in [0.717, 1.165) is 11.1 Å². The molecule has 0 atom stereocenters. The Morgan fingerprint density at radius 1 is 1.06 bits per heavy atom. The highest BCUT2D eigenvalue weighted by Gasteiger charge is 2.36. The molecule has 0 fully saturated rings. The topological polar surface area (TPSA) is 84.9 Å². The first kappa shape index (κ1) is 22.8. The molecule has 1 aliphatic rings. The second-order valence-electron chi connectivity index (χ2n) is 7.18. The summed E-state index contributed by atoms with van der Waals surface area (Å²) in [5.74, 6) is -0.477. The van der Waals surface area contributed by atoms with Gasteiger partial charge in [-0.25, -0.2) is 4.79 Å². The molecule has 7 nitrogen and oxygen atoms in total. The van der Waals surface area contributed by atoms with Crippen LogP contribution in [0.25, 0.3) is 6.08 Å². The predicted octanol–water partition coefficient (Wildman–Crippen LogP) is 3.07. The molecule has 32 heavy (non-hydrogen) atoms. The SMILES string of the molecule is CCN1C(=O)/C(=C\c2ccc(OCC(=O)NCc3ccccc3)cc2)C(C(=O)OC)=C1C. The van der Waals surface area contributed by atoms with E-state index in [2.05, 4.69) is 5.32 Å². The molecule has 0 spiro atoms. The van der Waals surface area contributed by atoms with Crippen molar-refractivity contribution in [2.75, 3.05) is 20.3 Å². The molecule has 0 radical (unpaired) electrons. The first-order valence-electron chi connectivity index (χ1n) is 10.3. The monoisotopic (exact) mass is 434 g/mol. The van der Waals surface area contributed by atoms with E-state index in [1.54, 1.807) is 42.2 Å². The number of likely N-dealkylation sites (N-methyl/N-ethyl adjacent to an activating group) is 1. The number of carbonyl (C=O) groups excluding carboxylic acids is 3. The first-order valence-corrected chi connectivity index (χ1v) is 10.3. The summed E-state index contributed by atoms with van der Waals surface area (Å²) in [6.07, 6.45) is 1.66. The molecule has 0 saturated carbocycles. The lowest BCUT2D eigenvalue weighted by Gasteiger charge is -2.14. The Morgan fingerprint density at radius 2 is 1.75 bits per heavy atom. The van der Waals surface area contributed by atoms with Crippen molar-refractivity contribution in [1.29, 1.82) is 0 Å². The summed E-state index contributed by atoms with van der Waals surface area (Å²) in [7, 11) is 1.29. The minimum atomic E-state index is -0.542. The standard InChI is InChI=1S/C25H26N2O5/c1-4-27-17(2)23(25(30)31-3)21(24(27)29)14-18-10-12-20(13-11-18)32-16-22(28)26-15-19-8-6-5-7-9-19/h5-14H,4,15-16H2,1-3H3,(H,26,28)/b21-14-. The largest absolute Gasteiger partial charge is 0.484 e. The average molecular weight is 434 g/mol. The van der Waals surface area contributed by atoms with Crippen molar-refractivity contribution in [3.63, 3.8) is 0 Å². The van der Waals surface area contributed by atoms with Crippen molar-refractivity contribution in [2.24, 2.45) is 0 Å². The number of nitrogens with one attached hydrogen (secondary N) is 1. The van der Waals surface area contributed by atoms with Crippen LogP contribution in [0.3, 0.4) is 0 Å². The fourth-order valence-corrected chi connectivity index (χ4v) is 3.43. The van der Waals surface area contributed by atoms with Crippen LogP contribution in [0.2, 0.25) is 0 Å². The zero-order valence-corrected chi connectivity index (χ0v) is 18.4. The third-order valence-corrected chi connectivity index (χ3v) is 5.11. The highest BCUT2D eigenvalue weighted by molar-refractivity contribution is 6.16. The quantitative estimate of drug-likeness (QED) is 0.510. The molecule has 7 heteroatoms. The third-order valence-electron chi connectivity index (χ3n) is 5.11. The van der Waals surface area contributed by atoms with E-state index in [1.165, 1.54) is 7.11 Å². The molecule has 0 unspecified atom stereocenters. The van der Waals surface area contributed by atoms with Crippen molar-refractivity contribution < 1.29 is 23.9 Å². The molecule has 0 aromatic heterocycles. The van der Waals surface area contributed by atoms with E-state index in [9.17, 15) is 14.4 Å². The van der Waals surface area contributed by atoms with Gasteiger partial charge in [0.15, 0.2) is 6.61 Å². The Labute approximate surface area is 187 Å². The Bertz CT molecular complexity index is 1060. The van der Waals surface area contributed by atoms with Crippen LogP contribution < -0.4 is 10.1 Å². The van der Waals surface area contributed by atoms with Gasteiger partial charge in [-0.3, -0.25) is 9.59 Å². The van der Waals surface area contributed by atoms with Crippen molar-refractivity contribution >= 4 is 23.9 Å². The first-order chi connectivity index (χ1) is 15.4. The van der Waals surface area contributed by atoms with Crippen LogP contribution in [-0.4, -0.2) is 42.9 Å². The van der Waals surface area contributed by atoms with E-state index in [-0.39, 0.29) is 24.0 Å². The van der Waals surface area contributed by atoms with E-state index in [1.807, 2.05) is 37.3 Å². The molecule has 2 amide bonds. The minimum Gasteiger partial charge on any atom is -0.484 e. The smallest absolute Gasteiger partial charge is 0.340 e. The van der Waals surface area contributed by atoms with Crippen molar-refractivity contribution in [2.45, 2.75) is 20.4 Å². The minimum absolute atomic E-state index is 0.106. The maximum atomic E-state index is 12.7. The summed E-state index contributed by atoms with van der Waals surface area (Å²) in [6.45, 7) is 4.37. The second kappa shape index (κ2) is 10.4. The van der Waals surface area contributed by atoms with Gasteiger partial charge in [0.25, 0.3) is 11.8 Å². The Kier molecular flexibility index (Phi) is 7.44. The number of ether oxygens (including phenoxy) is 2. The highest BCUT2D eigenvalue weighted by Crippen LogP contribution is 2.31. The van der Waals surface area contributed by atoms with Gasteiger partial charge in [-0.2, -0.15) is 0 Å². The maximum absolute atomic E-state index is 12.7. The second-order valence-corrected chi connectivity index (χ2v) is 7.18. The molecule has 0 bridgehead atoms. The zero-order valence-electron chi connectivity index (χ0n) is 18.4. The number of methoxy groups -OCH3 is 1. The van der Waals surface area contributed by atoms with Gasteiger partial charge in [-0.15, -0.1) is 0 Å². The lowest BCUT2D eigenvalue weighted by Crippen LogP contribution is -2.28. The van der Waals surface area contributed by atoms with Gasteiger partial charge >= 0.3 is 5.97 Å². The fraction of sp³-hybridized carbons (Fsp3) is 0.240. The molecule has 1 heterocycles. The van der Waals surface area contributed by atoms with Crippen LogP contribution in [0.4, 0.5) is 0 Å². The molecule has 2 aromatic carbocycles. The molecular weight excluding hydrogens is 408 g/mol. The summed E-state index contributed by atoms with van der Waals surface area (Å²) in [4.78, 5) is 38.5. The van der Waals surface area contributed by atoms with Crippen LogP contribution in [-0.2, 0) is 25.7 Å². The molecule has 0 aliphatic carbocycles. The van der Waals surface area contributed by atoms with Gasteiger partial charge in [-0.1, -0.05) is 42.5 Å². The van der Waals surface area contributed by atoms with Gasteiger partial charge in [0, 0.05) is 18.8 Å². The van der Waals surface area contributed by atoms with E-state index in [4.69, 9.17) is 9.47 Å². The van der Waals surface area contributed by atoms with Gasteiger partial charge in [0.1, 0.15) is 5.75 Å². The Hall–Kier alpha value is -3.87. The fourth-order valence-electron chi connectivity index (χ4n) is 3.43. The normalized spacial score (nSPS) is 14.7. The molecule has 166 valence electrons. The number of benzene rings is 2. The number of nitrogens with zero attached hydrogens (tertiary/aromatic N) is 1. The van der Waals surface area contributed by atoms with Crippen molar-refractivity contribution in [3.05, 3.63) is 82.6 Å². The summed E-state index contributed by atoms with van der Waals surface area (Å²) >= 11 is 0. The van der Waals surface area contributed by atoms with Crippen molar-refractivity contribution in [1.82, 2.24) is 10.2 Å². The number of amides is 2. The summed E-state index contributed by atoms with van der Waals surface area (Å²) < 4.78 is 10.4. The van der Waals surface area contributed by atoms with Crippen LogP contribution in [0.5, 0.6) is 5.75 Å². The molecule has 0 saturated heterocycles. The van der Waals surface area contributed by atoms with Gasteiger partial charge in [0.2, 0.25) is 0 Å². The summed E-state index contributed by atoms with van der Waals surface area (Å²) in [5, 5.41) is 2.80. The predicted molar refractivity (Wildman–Crippen MR) is 120 cm³/mol. The number of rotatable bonds is 8. The molecular formula is C25H26N2O5. The van der Waals surface area contributed by atoms with Gasteiger partial charge < -0.3 is 19.7 Å². The lowest BCUT2D eigenvalue weighted by atomic mass is 10.0. The van der Waals surface area contributed by atoms with Crippen LogP contribution >= 0.6 is 0 Å².